The first-order valence-electron chi connectivity index (χ1n) is 3.74. The number of amides is 3. The van der Waals surface area contributed by atoms with Gasteiger partial charge in [0.05, 0.1) is 13.1 Å². The van der Waals surface area contributed by atoms with E-state index in [1.54, 1.807) is 0 Å². The van der Waals surface area contributed by atoms with Crippen LogP contribution >= 0.6 is 0 Å². The fraction of sp³-hybridized carbons (Fsp3) is 0.333. The van der Waals surface area contributed by atoms with Crippen molar-refractivity contribution in [3.05, 3.63) is 0 Å². The van der Waals surface area contributed by atoms with Crippen LogP contribution in [0, 0.1) is 0 Å². The molecular weight excluding hydrogens is 228 g/mol. The molecule has 3 amide bonds. The van der Waals surface area contributed by atoms with Gasteiger partial charge in [-0.3, -0.25) is 4.79 Å². The Labute approximate surface area is 88.2 Å². The number of nitrogens with zero attached hydrogens (tertiary/aromatic N) is 2. The van der Waals surface area contributed by atoms with Crippen LogP contribution in [0.15, 0.2) is 0 Å². The monoisotopic (exact) mass is 236 g/mol. The van der Waals surface area contributed by atoms with E-state index in [4.69, 9.17) is 15.3 Å². The highest BCUT2D eigenvalue weighted by Gasteiger charge is 2.22. The molecule has 0 aliphatic rings. The lowest BCUT2D eigenvalue weighted by Crippen LogP contribution is -2.42. The molecule has 0 heterocycles. The molecule has 0 saturated heterocycles. The van der Waals surface area contributed by atoms with Crippen molar-refractivity contribution in [2.24, 2.45) is 0 Å². The quantitative estimate of drug-likeness (QED) is 0.436. The van der Waals surface area contributed by atoms with Gasteiger partial charge in [-0.1, -0.05) is 0 Å². The van der Waals surface area contributed by atoms with Gasteiger partial charge in [0.1, 0.15) is 0 Å². The Kier molecular flexibility index (Phi) is 5.10. The summed E-state index contributed by atoms with van der Waals surface area (Å²) >= 11 is 0. The zero-order valence-corrected chi connectivity index (χ0v) is 7.77. The molecule has 0 aliphatic carbocycles. The minimum atomic E-state index is -1.76. The lowest BCUT2D eigenvalue weighted by molar-refractivity contribution is -0.163. The van der Waals surface area contributed by atoms with E-state index in [1.165, 1.54) is 0 Å². The van der Waals surface area contributed by atoms with Crippen molar-refractivity contribution in [2.75, 3.05) is 13.1 Å². The summed E-state index contributed by atoms with van der Waals surface area (Å²) in [5, 5.41) is 25.3. The molecule has 0 rings (SSSR count). The van der Waals surface area contributed by atoms with Gasteiger partial charge in [0.2, 0.25) is 0 Å². The first kappa shape index (κ1) is 13.5. The number of hydroxylamine groups is 2. The molecule has 0 aliphatic heterocycles. The summed E-state index contributed by atoms with van der Waals surface area (Å²) in [6.07, 6.45) is -5.17. The van der Waals surface area contributed by atoms with Crippen LogP contribution in [0.2, 0.25) is 0 Å². The maximum absolute atomic E-state index is 10.4. The molecule has 10 nitrogen and oxygen atoms in total. The molecule has 0 aromatic rings. The fourth-order valence-corrected chi connectivity index (χ4v) is 0.709. The van der Waals surface area contributed by atoms with Gasteiger partial charge in [0.25, 0.3) is 0 Å². The molecule has 0 atom stereocenters. The molecule has 0 fully saturated rings. The second-order valence-electron chi connectivity index (χ2n) is 2.30. The van der Waals surface area contributed by atoms with Gasteiger partial charge in [-0.15, -0.1) is 5.06 Å². The van der Waals surface area contributed by atoms with E-state index in [2.05, 4.69) is 4.84 Å². The summed E-state index contributed by atoms with van der Waals surface area (Å²) in [6, 6.07) is 0. The standard InChI is InChI=1S/C6H8N2O8/c9-3-16-8(6(14)15)2-1-7(4(10)11)5(12)13/h3H,1-2H2,(H,10,11)(H,12,13)(H,14,15). The van der Waals surface area contributed by atoms with E-state index in [0.29, 0.717) is 0 Å². The number of imide groups is 1. The summed E-state index contributed by atoms with van der Waals surface area (Å²) in [5.74, 6) is 0. The summed E-state index contributed by atoms with van der Waals surface area (Å²) in [5.41, 5.74) is 0. The number of carbonyl (C=O) groups is 4. The minimum absolute atomic E-state index is 0.0515. The van der Waals surface area contributed by atoms with Gasteiger partial charge in [0.15, 0.2) is 0 Å². The molecule has 90 valence electrons. The molecule has 3 N–H and O–H groups in total. The van der Waals surface area contributed by atoms with Crippen molar-refractivity contribution < 1.29 is 39.3 Å². The van der Waals surface area contributed by atoms with Crippen LogP contribution < -0.4 is 0 Å². The molecule has 0 radical (unpaired) electrons. The van der Waals surface area contributed by atoms with Crippen LogP contribution in [-0.2, 0) is 9.63 Å². The molecule has 0 unspecified atom stereocenters. The molecular formula is C6H8N2O8. The van der Waals surface area contributed by atoms with Crippen LogP contribution in [0.4, 0.5) is 14.4 Å². The molecule has 10 heteroatoms. The second-order valence-corrected chi connectivity index (χ2v) is 2.30. The lowest BCUT2D eigenvalue weighted by atomic mass is 10.5. The minimum Gasteiger partial charge on any atom is -0.465 e. The Hall–Kier alpha value is -2.52. The normalized spacial score (nSPS) is 9.00. The van der Waals surface area contributed by atoms with E-state index in [9.17, 15) is 19.2 Å². The summed E-state index contributed by atoms with van der Waals surface area (Å²) in [7, 11) is 0. The van der Waals surface area contributed by atoms with Crippen molar-refractivity contribution in [1.82, 2.24) is 9.96 Å². The van der Waals surface area contributed by atoms with Gasteiger partial charge in [0, 0.05) is 0 Å². The Balaban J connectivity index is 4.37. The van der Waals surface area contributed by atoms with Crippen LogP contribution in [0.3, 0.4) is 0 Å². The van der Waals surface area contributed by atoms with Crippen LogP contribution in [0.1, 0.15) is 0 Å². The first-order valence-corrected chi connectivity index (χ1v) is 3.74. The summed E-state index contributed by atoms with van der Waals surface area (Å²) < 4.78 is 0. The number of carbonyl (C=O) groups excluding carboxylic acids is 1. The molecule has 0 aromatic heterocycles. The zero-order chi connectivity index (χ0) is 12.7. The van der Waals surface area contributed by atoms with E-state index in [1.807, 2.05) is 0 Å². The van der Waals surface area contributed by atoms with Gasteiger partial charge in [-0.05, 0) is 0 Å². The number of hydrogen-bond donors (Lipinski definition) is 3. The van der Waals surface area contributed by atoms with Gasteiger partial charge in [-0.25, -0.2) is 19.3 Å². The van der Waals surface area contributed by atoms with Crippen LogP contribution in [0.5, 0.6) is 0 Å². The van der Waals surface area contributed by atoms with Gasteiger partial charge < -0.3 is 20.2 Å². The van der Waals surface area contributed by atoms with Crippen LogP contribution in [-0.4, -0.2) is 63.1 Å². The van der Waals surface area contributed by atoms with E-state index in [-0.39, 0.29) is 16.4 Å². The Morgan fingerprint density at radius 3 is 1.81 bits per heavy atom. The number of carboxylic acid groups (broad SMARTS) is 3. The lowest BCUT2D eigenvalue weighted by Gasteiger charge is -2.18. The smallest absolute Gasteiger partial charge is 0.440 e. The summed E-state index contributed by atoms with van der Waals surface area (Å²) in [6.45, 7) is -1.47. The van der Waals surface area contributed by atoms with E-state index in [0.717, 1.165) is 0 Å². The predicted molar refractivity (Wildman–Crippen MR) is 44.6 cm³/mol. The van der Waals surface area contributed by atoms with Crippen molar-refractivity contribution in [3.8, 4) is 0 Å². The predicted octanol–water partition coefficient (Wildman–Crippen LogP) is -0.288. The molecule has 16 heavy (non-hydrogen) atoms. The Bertz CT molecular complexity index is 289. The SMILES string of the molecule is O=CON(CCN(C(=O)O)C(=O)O)C(=O)O. The maximum Gasteiger partial charge on any atom is 0.440 e. The second kappa shape index (κ2) is 6.06. The highest BCUT2D eigenvalue weighted by atomic mass is 16.7. The first-order chi connectivity index (χ1) is 7.40. The van der Waals surface area contributed by atoms with E-state index < -0.39 is 31.4 Å². The van der Waals surface area contributed by atoms with Crippen LogP contribution in [0.25, 0.3) is 0 Å². The fourth-order valence-electron chi connectivity index (χ4n) is 0.709. The van der Waals surface area contributed by atoms with Gasteiger partial charge >= 0.3 is 24.8 Å². The average molecular weight is 236 g/mol. The van der Waals surface area contributed by atoms with Gasteiger partial charge in [-0.2, -0.15) is 0 Å². The van der Waals surface area contributed by atoms with E-state index >= 15 is 0 Å². The number of hydrogen-bond acceptors (Lipinski definition) is 5. The average Bonchev–Trinajstić information content (AvgIpc) is 2.15. The molecule has 0 saturated carbocycles. The third kappa shape index (κ3) is 4.13. The zero-order valence-electron chi connectivity index (χ0n) is 7.77. The summed E-state index contributed by atoms with van der Waals surface area (Å²) in [4.78, 5) is 44.8. The van der Waals surface area contributed by atoms with Crippen molar-refractivity contribution >= 4 is 24.8 Å². The molecule has 0 bridgehead atoms. The van der Waals surface area contributed by atoms with Crippen molar-refractivity contribution in [3.63, 3.8) is 0 Å². The Morgan fingerprint density at radius 2 is 1.50 bits per heavy atom. The van der Waals surface area contributed by atoms with Crippen molar-refractivity contribution in [2.45, 2.75) is 0 Å². The molecule has 0 aromatic carbocycles. The third-order valence-corrected chi connectivity index (χ3v) is 1.37. The number of rotatable bonds is 5. The van der Waals surface area contributed by atoms with Crippen molar-refractivity contribution in [1.29, 1.82) is 0 Å². The largest absolute Gasteiger partial charge is 0.465 e. The third-order valence-electron chi connectivity index (χ3n) is 1.37. The highest BCUT2D eigenvalue weighted by Crippen LogP contribution is 1.95. The Morgan fingerprint density at radius 1 is 1.00 bits per heavy atom. The maximum atomic E-state index is 10.4. The highest BCUT2D eigenvalue weighted by molar-refractivity contribution is 5.85. The topological polar surface area (TPSA) is 145 Å². The molecule has 0 spiro atoms.